The average Bonchev–Trinajstić information content (AvgIpc) is 3.02. The van der Waals surface area contributed by atoms with Crippen molar-refractivity contribution in [3.8, 4) is 5.69 Å². The first-order chi connectivity index (χ1) is 10.8. The summed E-state index contributed by atoms with van der Waals surface area (Å²) in [6.45, 7) is 3.85. The Kier molecular flexibility index (Phi) is 3.80. The summed E-state index contributed by atoms with van der Waals surface area (Å²) in [7, 11) is 0. The fourth-order valence-electron chi connectivity index (χ4n) is 3.18. The van der Waals surface area contributed by atoms with Crippen molar-refractivity contribution < 1.29 is 13.2 Å². The lowest BCUT2D eigenvalue weighted by Gasteiger charge is -2.11. The van der Waals surface area contributed by atoms with Gasteiger partial charge in [0.05, 0.1) is 16.9 Å². The molecule has 122 valence electrons. The maximum absolute atomic E-state index is 12.7. The highest BCUT2D eigenvalue weighted by atomic mass is 19.4. The predicted octanol–water partition coefficient (Wildman–Crippen LogP) is 3.88. The lowest BCUT2D eigenvalue weighted by molar-refractivity contribution is -0.137. The van der Waals surface area contributed by atoms with Crippen LogP contribution >= 0.6 is 0 Å². The Morgan fingerprint density at radius 3 is 2.30 bits per heavy atom. The molecule has 3 nitrogen and oxygen atoms in total. The third-order valence-corrected chi connectivity index (χ3v) is 4.27. The number of rotatable bonds is 2. The number of aromatic nitrogens is 2. The molecule has 3 rings (SSSR count). The summed E-state index contributed by atoms with van der Waals surface area (Å²) in [5.41, 5.74) is 8.80. The summed E-state index contributed by atoms with van der Waals surface area (Å²) >= 11 is 0. The number of hydrogen-bond acceptors (Lipinski definition) is 2. The normalized spacial score (nSPS) is 21.1. The summed E-state index contributed by atoms with van der Waals surface area (Å²) < 4.78 is 39.7. The van der Waals surface area contributed by atoms with Crippen LogP contribution in [0.2, 0.25) is 0 Å². The largest absolute Gasteiger partial charge is 0.416 e. The van der Waals surface area contributed by atoms with Gasteiger partial charge in [0, 0.05) is 23.2 Å². The highest BCUT2D eigenvalue weighted by Gasteiger charge is 2.30. The molecule has 0 aliphatic heterocycles. The van der Waals surface area contributed by atoms with Crippen LogP contribution in [0.25, 0.3) is 5.69 Å². The fraction of sp³-hybridized carbons (Fsp3) is 0.353. The fourth-order valence-corrected chi connectivity index (χ4v) is 3.18. The number of alkyl halides is 3. The SMILES string of the molecule is Cc1nn(-c2ccc(C(F)(F)F)cc2)c(C)c1[C@H]1C=C[C@@H](N)C1. The Balaban J connectivity index is 1.97. The van der Waals surface area contributed by atoms with E-state index in [1.807, 2.05) is 19.9 Å². The maximum Gasteiger partial charge on any atom is 0.416 e. The molecule has 0 spiro atoms. The molecule has 1 aromatic heterocycles. The number of hydrogen-bond donors (Lipinski definition) is 1. The van der Waals surface area contributed by atoms with Crippen LogP contribution in [0, 0.1) is 13.8 Å². The van der Waals surface area contributed by atoms with Crippen molar-refractivity contribution in [2.24, 2.45) is 5.73 Å². The summed E-state index contributed by atoms with van der Waals surface area (Å²) in [5.74, 6) is 0.216. The van der Waals surface area contributed by atoms with E-state index in [0.29, 0.717) is 5.69 Å². The van der Waals surface area contributed by atoms with Gasteiger partial charge in [-0.15, -0.1) is 0 Å². The van der Waals surface area contributed by atoms with Gasteiger partial charge in [-0.1, -0.05) is 12.2 Å². The minimum Gasteiger partial charge on any atom is -0.324 e. The maximum atomic E-state index is 12.7. The molecule has 6 heteroatoms. The standard InChI is InChI=1S/C17H18F3N3/c1-10-16(12-3-6-14(21)9-12)11(2)23(22-10)15-7-4-13(5-8-15)17(18,19)20/h3-8,12,14H,9,21H2,1-2H3/t12-,14+/m0/s1. The van der Waals surface area contributed by atoms with Crippen molar-refractivity contribution in [2.45, 2.75) is 38.4 Å². The molecule has 2 aromatic rings. The zero-order chi connectivity index (χ0) is 16.8. The molecule has 23 heavy (non-hydrogen) atoms. The van der Waals surface area contributed by atoms with Crippen LogP contribution < -0.4 is 5.73 Å². The molecule has 0 amide bonds. The van der Waals surface area contributed by atoms with Gasteiger partial charge < -0.3 is 5.73 Å². The third kappa shape index (κ3) is 2.91. The van der Waals surface area contributed by atoms with E-state index in [-0.39, 0.29) is 12.0 Å². The lowest BCUT2D eigenvalue weighted by atomic mass is 9.96. The summed E-state index contributed by atoms with van der Waals surface area (Å²) in [6, 6.07) is 5.10. The molecule has 0 unspecified atom stereocenters. The first-order valence-corrected chi connectivity index (χ1v) is 7.45. The first-order valence-electron chi connectivity index (χ1n) is 7.45. The predicted molar refractivity (Wildman–Crippen MR) is 82.5 cm³/mol. The van der Waals surface area contributed by atoms with Gasteiger partial charge in [-0.25, -0.2) is 4.68 Å². The van der Waals surface area contributed by atoms with E-state index >= 15 is 0 Å². The summed E-state index contributed by atoms with van der Waals surface area (Å²) in [4.78, 5) is 0. The summed E-state index contributed by atoms with van der Waals surface area (Å²) in [6.07, 6.45) is 0.571. The van der Waals surface area contributed by atoms with E-state index in [1.54, 1.807) is 4.68 Å². The zero-order valence-corrected chi connectivity index (χ0v) is 12.9. The molecule has 0 bridgehead atoms. The van der Waals surface area contributed by atoms with Crippen molar-refractivity contribution in [2.75, 3.05) is 0 Å². The Bertz CT molecular complexity index is 742. The van der Waals surface area contributed by atoms with Crippen LogP contribution in [0.15, 0.2) is 36.4 Å². The topological polar surface area (TPSA) is 43.8 Å². The van der Waals surface area contributed by atoms with Gasteiger partial charge in [0.2, 0.25) is 0 Å². The van der Waals surface area contributed by atoms with E-state index in [1.165, 1.54) is 12.1 Å². The van der Waals surface area contributed by atoms with Crippen molar-refractivity contribution in [1.29, 1.82) is 0 Å². The summed E-state index contributed by atoms with van der Waals surface area (Å²) in [5, 5.41) is 4.50. The lowest BCUT2D eigenvalue weighted by Crippen LogP contribution is -2.14. The Labute approximate surface area is 132 Å². The highest BCUT2D eigenvalue weighted by molar-refractivity contribution is 5.42. The van der Waals surface area contributed by atoms with Gasteiger partial charge in [-0.05, 0) is 44.5 Å². The molecule has 0 saturated carbocycles. The van der Waals surface area contributed by atoms with E-state index in [4.69, 9.17) is 5.73 Å². The van der Waals surface area contributed by atoms with Gasteiger partial charge >= 0.3 is 6.18 Å². The number of aryl methyl sites for hydroxylation is 1. The van der Waals surface area contributed by atoms with Crippen molar-refractivity contribution in [1.82, 2.24) is 9.78 Å². The van der Waals surface area contributed by atoms with E-state index in [0.717, 1.165) is 35.5 Å². The molecule has 2 N–H and O–H groups in total. The average molecular weight is 321 g/mol. The monoisotopic (exact) mass is 321 g/mol. The first kappa shape index (κ1) is 15.8. The minimum atomic E-state index is -4.33. The van der Waals surface area contributed by atoms with Gasteiger partial charge in [0.25, 0.3) is 0 Å². The molecule has 1 aliphatic carbocycles. The molecular weight excluding hydrogens is 303 g/mol. The molecular formula is C17H18F3N3. The molecule has 0 radical (unpaired) electrons. The van der Waals surface area contributed by atoms with Crippen LogP contribution in [-0.4, -0.2) is 15.8 Å². The Morgan fingerprint density at radius 1 is 1.13 bits per heavy atom. The van der Waals surface area contributed by atoms with Crippen molar-refractivity contribution in [3.63, 3.8) is 0 Å². The molecule has 0 fully saturated rings. The van der Waals surface area contributed by atoms with Gasteiger partial charge in [0.1, 0.15) is 0 Å². The van der Waals surface area contributed by atoms with Crippen molar-refractivity contribution >= 4 is 0 Å². The van der Waals surface area contributed by atoms with Gasteiger partial charge in [0.15, 0.2) is 0 Å². The Hall–Kier alpha value is -2.08. The third-order valence-electron chi connectivity index (χ3n) is 4.27. The van der Waals surface area contributed by atoms with Crippen LogP contribution in [-0.2, 0) is 6.18 Å². The second-order valence-electron chi connectivity index (χ2n) is 5.93. The quantitative estimate of drug-likeness (QED) is 0.853. The van der Waals surface area contributed by atoms with Crippen LogP contribution in [0.1, 0.15) is 34.9 Å². The van der Waals surface area contributed by atoms with E-state index in [9.17, 15) is 13.2 Å². The number of nitrogens with zero attached hydrogens (tertiary/aromatic N) is 2. The molecule has 0 saturated heterocycles. The molecule has 1 aliphatic rings. The van der Waals surface area contributed by atoms with Crippen LogP contribution in [0.5, 0.6) is 0 Å². The van der Waals surface area contributed by atoms with Crippen LogP contribution in [0.3, 0.4) is 0 Å². The zero-order valence-electron chi connectivity index (χ0n) is 12.9. The number of nitrogens with two attached hydrogens (primary N) is 1. The second kappa shape index (κ2) is 5.53. The highest BCUT2D eigenvalue weighted by Crippen LogP contribution is 2.34. The minimum absolute atomic E-state index is 0.0493. The van der Waals surface area contributed by atoms with E-state index in [2.05, 4.69) is 11.2 Å². The number of allylic oxidation sites excluding steroid dienone is 1. The molecule has 2 atom stereocenters. The van der Waals surface area contributed by atoms with E-state index < -0.39 is 11.7 Å². The smallest absolute Gasteiger partial charge is 0.324 e. The number of benzene rings is 1. The van der Waals surface area contributed by atoms with Gasteiger partial charge in [-0.2, -0.15) is 18.3 Å². The van der Waals surface area contributed by atoms with Crippen LogP contribution in [0.4, 0.5) is 13.2 Å². The second-order valence-corrected chi connectivity index (χ2v) is 5.93. The number of halogens is 3. The van der Waals surface area contributed by atoms with Gasteiger partial charge in [-0.3, -0.25) is 0 Å². The molecule has 1 heterocycles. The molecule has 1 aromatic carbocycles. The Morgan fingerprint density at radius 2 is 1.78 bits per heavy atom. The van der Waals surface area contributed by atoms with Crippen molar-refractivity contribution in [3.05, 3.63) is 58.9 Å².